The number of fused-ring (bicyclic) bond motifs is 1. The summed E-state index contributed by atoms with van der Waals surface area (Å²) < 4.78 is 18.9. The van der Waals surface area contributed by atoms with Crippen molar-refractivity contribution in [1.82, 2.24) is 0 Å². The molecule has 4 heteroatoms. The minimum Gasteiger partial charge on any atom is -0.485 e. The Balaban J connectivity index is 1.97. The van der Waals surface area contributed by atoms with Crippen LogP contribution in [0.3, 0.4) is 0 Å². The van der Waals surface area contributed by atoms with Gasteiger partial charge in [0, 0.05) is 23.6 Å². The van der Waals surface area contributed by atoms with Crippen molar-refractivity contribution in [2.75, 3.05) is 0 Å². The molecule has 2 aromatic rings. The lowest BCUT2D eigenvalue weighted by Crippen LogP contribution is -2.18. The number of ether oxygens (including phenoxy) is 1. The lowest BCUT2D eigenvalue weighted by atomic mass is 9.96. The van der Waals surface area contributed by atoms with Crippen LogP contribution in [0.5, 0.6) is 5.75 Å². The van der Waals surface area contributed by atoms with Gasteiger partial charge in [0.1, 0.15) is 17.7 Å². The van der Waals surface area contributed by atoms with Crippen molar-refractivity contribution in [2.45, 2.75) is 18.6 Å². The smallest absolute Gasteiger partial charge is 0.128 e. The molecule has 1 N–H and O–H groups in total. The van der Waals surface area contributed by atoms with Crippen molar-refractivity contribution in [2.24, 2.45) is 0 Å². The molecule has 0 radical (unpaired) electrons. The Labute approximate surface area is 102 Å². The van der Waals surface area contributed by atoms with Crippen LogP contribution in [0.4, 0.5) is 4.39 Å². The highest BCUT2D eigenvalue weighted by Crippen LogP contribution is 2.41. The summed E-state index contributed by atoms with van der Waals surface area (Å²) in [5.41, 5.74) is 1.70. The molecule has 0 bridgehead atoms. The maximum atomic E-state index is 13.1. The fourth-order valence-electron chi connectivity index (χ4n) is 2.08. The van der Waals surface area contributed by atoms with E-state index in [4.69, 9.17) is 4.74 Å². The molecule has 2 heterocycles. The van der Waals surface area contributed by atoms with Crippen LogP contribution in [-0.4, -0.2) is 5.11 Å². The molecule has 2 atom stereocenters. The molecule has 2 nitrogen and oxygen atoms in total. The van der Waals surface area contributed by atoms with E-state index in [2.05, 4.69) is 0 Å². The second-order valence-corrected chi connectivity index (χ2v) is 4.88. The SMILES string of the molecule is O[C@H]1CC(c2ccsc2)Oc2cc(F)ccc21. The van der Waals surface area contributed by atoms with E-state index in [1.165, 1.54) is 12.1 Å². The number of aliphatic hydroxyl groups is 1. The minimum atomic E-state index is -0.593. The zero-order chi connectivity index (χ0) is 11.8. The second-order valence-electron chi connectivity index (χ2n) is 4.10. The van der Waals surface area contributed by atoms with Gasteiger partial charge in [-0.3, -0.25) is 0 Å². The summed E-state index contributed by atoms with van der Waals surface area (Å²) in [5.74, 6) is 0.0990. The maximum Gasteiger partial charge on any atom is 0.128 e. The van der Waals surface area contributed by atoms with Crippen LogP contribution in [0, 0.1) is 5.82 Å². The largest absolute Gasteiger partial charge is 0.485 e. The topological polar surface area (TPSA) is 29.5 Å². The lowest BCUT2D eigenvalue weighted by molar-refractivity contribution is 0.0656. The normalized spacial score (nSPS) is 22.9. The van der Waals surface area contributed by atoms with Gasteiger partial charge in [-0.2, -0.15) is 11.3 Å². The molecule has 1 unspecified atom stereocenters. The van der Waals surface area contributed by atoms with Crippen molar-refractivity contribution in [3.8, 4) is 5.75 Å². The fourth-order valence-corrected chi connectivity index (χ4v) is 2.78. The summed E-state index contributed by atoms with van der Waals surface area (Å²) >= 11 is 1.58. The van der Waals surface area contributed by atoms with Crippen molar-refractivity contribution in [3.05, 3.63) is 52.0 Å². The maximum absolute atomic E-state index is 13.1. The molecule has 0 saturated carbocycles. The monoisotopic (exact) mass is 250 g/mol. The molecule has 0 amide bonds. The molecule has 0 saturated heterocycles. The Morgan fingerprint density at radius 2 is 2.24 bits per heavy atom. The average Bonchev–Trinajstić information content (AvgIpc) is 2.81. The Bertz CT molecular complexity index is 524. The van der Waals surface area contributed by atoms with Crippen LogP contribution >= 0.6 is 11.3 Å². The predicted molar refractivity (Wildman–Crippen MR) is 63.7 cm³/mol. The molecule has 3 rings (SSSR count). The van der Waals surface area contributed by atoms with E-state index in [9.17, 15) is 9.50 Å². The second kappa shape index (κ2) is 4.13. The number of thiophene rings is 1. The summed E-state index contributed by atoms with van der Waals surface area (Å²) in [6.07, 6.45) is -0.273. The van der Waals surface area contributed by atoms with Gasteiger partial charge in [-0.1, -0.05) is 0 Å². The first-order chi connectivity index (χ1) is 8.24. The van der Waals surface area contributed by atoms with Crippen LogP contribution in [0.2, 0.25) is 0 Å². The molecule has 0 aliphatic carbocycles. The van der Waals surface area contributed by atoms with Gasteiger partial charge in [0.2, 0.25) is 0 Å². The molecule has 1 aromatic carbocycles. The van der Waals surface area contributed by atoms with E-state index < -0.39 is 6.10 Å². The van der Waals surface area contributed by atoms with E-state index in [0.717, 1.165) is 5.56 Å². The van der Waals surface area contributed by atoms with Gasteiger partial charge in [-0.15, -0.1) is 0 Å². The standard InChI is InChI=1S/C13H11FO2S/c14-9-1-2-10-11(15)6-12(16-13(10)5-9)8-3-4-17-7-8/h1-5,7,11-12,15H,6H2/t11-,12?/m0/s1. The summed E-state index contributed by atoms with van der Waals surface area (Å²) in [5, 5.41) is 14.0. The van der Waals surface area contributed by atoms with Gasteiger partial charge in [-0.05, 0) is 29.0 Å². The quantitative estimate of drug-likeness (QED) is 0.840. The van der Waals surface area contributed by atoms with Gasteiger partial charge in [0.15, 0.2) is 0 Å². The van der Waals surface area contributed by atoms with Crippen LogP contribution in [0.15, 0.2) is 35.0 Å². The number of hydrogen-bond donors (Lipinski definition) is 1. The van der Waals surface area contributed by atoms with Gasteiger partial charge in [-0.25, -0.2) is 4.39 Å². The highest BCUT2D eigenvalue weighted by Gasteiger charge is 2.28. The number of rotatable bonds is 1. The van der Waals surface area contributed by atoms with Crippen LogP contribution in [0.25, 0.3) is 0 Å². The number of benzene rings is 1. The Kier molecular flexibility index (Phi) is 2.61. The highest BCUT2D eigenvalue weighted by atomic mass is 32.1. The zero-order valence-electron chi connectivity index (χ0n) is 8.97. The van der Waals surface area contributed by atoms with Gasteiger partial charge in [0.25, 0.3) is 0 Å². The molecule has 0 spiro atoms. The molecular formula is C13H11FO2S. The Morgan fingerprint density at radius 1 is 1.35 bits per heavy atom. The Hall–Kier alpha value is -1.39. The number of hydrogen-bond acceptors (Lipinski definition) is 3. The zero-order valence-corrected chi connectivity index (χ0v) is 9.78. The fraction of sp³-hybridized carbons (Fsp3) is 0.231. The average molecular weight is 250 g/mol. The molecule has 88 valence electrons. The van der Waals surface area contributed by atoms with Gasteiger partial charge < -0.3 is 9.84 Å². The molecule has 1 aliphatic heterocycles. The van der Waals surface area contributed by atoms with E-state index in [-0.39, 0.29) is 11.9 Å². The van der Waals surface area contributed by atoms with E-state index in [1.54, 1.807) is 17.4 Å². The van der Waals surface area contributed by atoms with Gasteiger partial charge >= 0.3 is 0 Å². The first kappa shape index (κ1) is 10.7. The Morgan fingerprint density at radius 3 is 3.00 bits per heavy atom. The third-order valence-corrected chi connectivity index (χ3v) is 3.66. The summed E-state index contributed by atoms with van der Waals surface area (Å²) in [7, 11) is 0. The number of halogens is 1. The van der Waals surface area contributed by atoms with Gasteiger partial charge in [0.05, 0.1) is 6.10 Å². The van der Waals surface area contributed by atoms with E-state index in [1.807, 2.05) is 16.8 Å². The molecular weight excluding hydrogens is 239 g/mol. The first-order valence-corrected chi connectivity index (χ1v) is 6.34. The third-order valence-electron chi connectivity index (χ3n) is 2.96. The number of aliphatic hydroxyl groups excluding tert-OH is 1. The molecule has 1 aliphatic rings. The van der Waals surface area contributed by atoms with Crippen LogP contribution in [-0.2, 0) is 0 Å². The van der Waals surface area contributed by atoms with Crippen molar-refractivity contribution >= 4 is 11.3 Å². The highest BCUT2D eigenvalue weighted by molar-refractivity contribution is 7.07. The van der Waals surface area contributed by atoms with E-state index in [0.29, 0.717) is 17.7 Å². The third kappa shape index (κ3) is 1.94. The van der Waals surface area contributed by atoms with Crippen LogP contribution < -0.4 is 4.74 Å². The summed E-state index contributed by atoms with van der Waals surface area (Å²) in [6, 6.07) is 6.22. The van der Waals surface area contributed by atoms with Crippen molar-refractivity contribution in [1.29, 1.82) is 0 Å². The summed E-state index contributed by atoms with van der Waals surface area (Å²) in [4.78, 5) is 0. The molecule has 17 heavy (non-hydrogen) atoms. The predicted octanol–water partition coefficient (Wildman–Crippen LogP) is 3.44. The summed E-state index contributed by atoms with van der Waals surface area (Å²) in [6.45, 7) is 0. The van der Waals surface area contributed by atoms with Crippen LogP contribution in [0.1, 0.15) is 29.8 Å². The first-order valence-electron chi connectivity index (χ1n) is 5.40. The van der Waals surface area contributed by atoms with Crippen molar-refractivity contribution < 1.29 is 14.2 Å². The van der Waals surface area contributed by atoms with Crippen molar-refractivity contribution in [3.63, 3.8) is 0 Å². The van der Waals surface area contributed by atoms with E-state index >= 15 is 0 Å². The molecule has 1 aromatic heterocycles. The lowest BCUT2D eigenvalue weighted by Gasteiger charge is -2.29. The minimum absolute atomic E-state index is 0.189. The molecule has 0 fully saturated rings.